The molecule has 0 spiro atoms. The van der Waals surface area contributed by atoms with Crippen LogP contribution >= 0.6 is 15.9 Å². The van der Waals surface area contributed by atoms with E-state index in [1.807, 2.05) is 24.3 Å². The highest BCUT2D eigenvalue weighted by atomic mass is 79.9. The molecule has 0 aliphatic carbocycles. The molecule has 4 nitrogen and oxygen atoms in total. The Bertz CT molecular complexity index is 700. The number of carbonyl (C=O) groups is 1. The number of nitrogens with zero attached hydrogens (tertiary/aromatic N) is 1. The third kappa shape index (κ3) is 2.25. The second-order valence-electron chi connectivity index (χ2n) is 4.91. The van der Waals surface area contributed by atoms with Crippen molar-refractivity contribution in [2.75, 3.05) is 10.6 Å². The van der Waals surface area contributed by atoms with Crippen LogP contribution < -0.4 is 16.4 Å². The van der Waals surface area contributed by atoms with Crippen molar-refractivity contribution in [2.45, 2.75) is 13.1 Å². The second-order valence-corrected chi connectivity index (χ2v) is 5.77. The van der Waals surface area contributed by atoms with E-state index in [0.717, 1.165) is 28.9 Å². The van der Waals surface area contributed by atoms with Crippen molar-refractivity contribution in [3.05, 3.63) is 57.6 Å². The minimum absolute atomic E-state index is 0.430. The van der Waals surface area contributed by atoms with Gasteiger partial charge in [0.1, 0.15) is 0 Å². The van der Waals surface area contributed by atoms with E-state index in [2.05, 4.69) is 26.9 Å². The van der Waals surface area contributed by atoms with Crippen LogP contribution in [0, 0.1) is 0 Å². The average molecular weight is 332 g/mol. The van der Waals surface area contributed by atoms with Gasteiger partial charge in [0.15, 0.2) is 0 Å². The summed E-state index contributed by atoms with van der Waals surface area (Å²) in [5.41, 5.74) is 16.0. The number of fused-ring (bicyclic) bond motifs is 1. The third-order valence-electron chi connectivity index (χ3n) is 3.54. The maximum atomic E-state index is 11.2. The first kappa shape index (κ1) is 13.0. The normalized spacial score (nSPS) is 13.3. The minimum atomic E-state index is -0.430. The van der Waals surface area contributed by atoms with E-state index >= 15 is 0 Å². The topological polar surface area (TPSA) is 72.4 Å². The molecule has 0 fully saturated rings. The zero-order chi connectivity index (χ0) is 14.3. The molecule has 5 heteroatoms. The Morgan fingerprint density at radius 2 is 1.85 bits per heavy atom. The maximum absolute atomic E-state index is 11.2. The van der Waals surface area contributed by atoms with Gasteiger partial charge < -0.3 is 16.4 Å². The fourth-order valence-electron chi connectivity index (χ4n) is 2.50. The molecule has 0 saturated heterocycles. The van der Waals surface area contributed by atoms with E-state index in [1.54, 1.807) is 6.07 Å². The smallest absolute Gasteiger partial charge is 0.249 e. The van der Waals surface area contributed by atoms with E-state index in [9.17, 15) is 4.79 Å². The van der Waals surface area contributed by atoms with Gasteiger partial charge >= 0.3 is 0 Å². The van der Waals surface area contributed by atoms with Crippen LogP contribution in [0.25, 0.3) is 0 Å². The van der Waals surface area contributed by atoms with Crippen molar-refractivity contribution in [1.82, 2.24) is 0 Å². The second kappa shape index (κ2) is 4.83. The monoisotopic (exact) mass is 331 g/mol. The summed E-state index contributed by atoms with van der Waals surface area (Å²) in [6, 6.07) is 11.6. The number of nitrogens with two attached hydrogens (primary N) is 2. The number of halogens is 1. The van der Waals surface area contributed by atoms with Crippen molar-refractivity contribution < 1.29 is 4.79 Å². The molecule has 1 aliphatic rings. The number of amides is 1. The lowest BCUT2D eigenvalue weighted by atomic mass is 10.1. The summed E-state index contributed by atoms with van der Waals surface area (Å²) in [5.74, 6) is -0.430. The number of anilines is 2. The maximum Gasteiger partial charge on any atom is 0.249 e. The summed E-state index contributed by atoms with van der Waals surface area (Å²) >= 11 is 3.39. The van der Waals surface area contributed by atoms with Crippen LogP contribution in [0.4, 0.5) is 11.4 Å². The number of benzene rings is 2. The van der Waals surface area contributed by atoms with Crippen LogP contribution in [0.2, 0.25) is 0 Å². The van der Waals surface area contributed by atoms with Crippen LogP contribution in [0.5, 0.6) is 0 Å². The summed E-state index contributed by atoms with van der Waals surface area (Å²) in [5, 5.41) is 0. The highest BCUT2D eigenvalue weighted by Crippen LogP contribution is 2.31. The van der Waals surface area contributed by atoms with E-state index in [1.165, 1.54) is 11.1 Å². The molecule has 0 unspecified atom stereocenters. The first-order valence-corrected chi connectivity index (χ1v) is 7.05. The van der Waals surface area contributed by atoms with Gasteiger partial charge in [-0.2, -0.15) is 0 Å². The molecule has 102 valence electrons. The molecule has 0 atom stereocenters. The molecule has 2 aromatic rings. The number of primary amides is 1. The largest absolute Gasteiger partial charge is 0.399 e. The number of carbonyl (C=O) groups excluding carboxylic acids is 1. The first-order chi connectivity index (χ1) is 9.54. The Hall–Kier alpha value is -2.01. The summed E-state index contributed by atoms with van der Waals surface area (Å²) in [6.45, 7) is 1.67. The Morgan fingerprint density at radius 1 is 1.10 bits per heavy atom. The van der Waals surface area contributed by atoms with Crippen LogP contribution in [0.3, 0.4) is 0 Å². The highest BCUT2D eigenvalue weighted by Gasteiger charge is 2.20. The van der Waals surface area contributed by atoms with Crippen molar-refractivity contribution in [2.24, 2.45) is 5.73 Å². The summed E-state index contributed by atoms with van der Waals surface area (Å²) in [7, 11) is 0. The lowest BCUT2D eigenvalue weighted by molar-refractivity contribution is 0.0999. The lowest BCUT2D eigenvalue weighted by Gasteiger charge is -2.18. The van der Waals surface area contributed by atoms with Crippen LogP contribution in [0.15, 0.2) is 40.9 Å². The predicted octanol–water partition coefficient (Wildman–Crippen LogP) is 2.65. The molecular weight excluding hydrogens is 318 g/mol. The van der Waals surface area contributed by atoms with Crippen LogP contribution in [-0.2, 0) is 13.1 Å². The van der Waals surface area contributed by atoms with Crippen molar-refractivity contribution >= 4 is 33.2 Å². The van der Waals surface area contributed by atoms with Gasteiger partial charge in [0.2, 0.25) is 5.91 Å². The summed E-state index contributed by atoms with van der Waals surface area (Å²) in [4.78, 5) is 13.5. The Balaban J connectivity index is 1.89. The zero-order valence-corrected chi connectivity index (χ0v) is 12.4. The molecule has 0 saturated carbocycles. The predicted molar refractivity (Wildman–Crippen MR) is 83.4 cm³/mol. The molecule has 4 N–H and O–H groups in total. The Kier molecular flexibility index (Phi) is 3.14. The number of nitrogen functional groups attached to an aromatic ring is 1. The third-order valence-corrected chi connectivity index (χ3v) is 4.19. The standard InChI is InChI=1S/C15H14BrN3O/c16-14-6-12(3-4-13(14)15(18)20)19-7-9-1-2-11(17)5-10(9)8-19/h1-6H,7-8,17H2,(H2,18,20). The van der Waals surface area contributed by atoms with E-state index in [0.29, 0.717) is 5.56 Å². The van der Waals surface area contributed by atoms with Crippen LogP contribution in [0.1, 0.15) is 21.5 Å². The van der Waals surface area contributed by atoms with Gasteiger partial charge in [0.05, 0.1) is 5.56 Å². The molecule has 0 bridgehead atoms. The van der Waals surface area contributed by atoms with E-state index in [-0.39, 0.29) is 0 Å². The molecule has 0 radical (unpaired) electrons. The number of rotatable bonds is 2. The average Bonchev–Trinajstić information content (AvgIpc) is 2.81. The molecular formula is C15H14BrN3O. The van der Waals surface area contributed by atoms with Crippen molar-refractivity contribution in [3.8, 4) is 0 Å². The first-order valence-electron chi connectivity index (χ1n) is 6.26. The van der Waals surface area contributed by atoms with Gasteiger partial charge in [-0.1, -0.05) is 6.07 Å². The molecule has 3 rings (SSSR count). The fraction of sp³-hybridized carbons (Fsp3) is 0.133. The molecule has 1 aliphatic heterocycles. The fourth-order valence-corrected chi connectivity index (χ4v) is 3.06. The lowest BCUT2D eigenvalue weighted by Crippen LogP contribution is -2.16. The van der Waals surface area contributed by atoms with Gasteiger partial charge in [-0.05, 0) is 57.4 Å². The highest BCUT2D eigenvalue weighted by molar-refractivity contribution is 9.10. The summed E-state index contributed by atoms with van der Waals surface area (Å²) in [6.07, 6.45) is 0. The quantitative estimate of drug-likeness (QED) is 0.831. The van der Waals surface area contributed by atoms with Gasteiger partial charge in [-0.25, -0.2) is 0 Å². The Morgan fingerprint density at radius 3 is 2.55 bits per heavy atom. The number of hydrogen-bond acceptors (Lipinski definition) is 3. The molecule has 2 aromatic carbocycles. The van der Waals surface area contributed by atoms with Crippen molar-refractivity contribution in [1.29, 1.82) is 0 Å². The summed E-state index contributed by atoms with van der Waals surface area (Å²) < 4.78 is 0.720. The van der Waals surface area contributed by atoms with Gasteiger partial charge in [0, 0.05) is 28.9 Å². The molecule has 0 aromatic heterocycles. The zero-order valence-electron chi connectivity index (χ0n) is 10.8. The van der Waals surface area contributed by atoms with Gasteiger partial charge in [-0.15, -0.1) is 0 Å². The number of hydrogen-bond donors (Lipinski definition) is 2. The molecule has 1 amide bonds. The van der Waals surface area contributed by atoms with E-state index in [4.69, 9.17) is 11.5 Å². The van der Waals surface area contributed by atoms with Gasteiger partial charge in [0.25, 0.3) is 0 Å². The van der Waals surface area contributed by atoms with Crippen molar-refractivity contribution in [3.63, 3.8) is 0 Å². The SMILES string of the molecule is NC(=O)c1ccc(N2Cc3ccc(N)cc3C2)cc1Br. The van der Waals surface area contributed by atoms with Crippen LogP contribution in [-0.4, -0.2) is 5.91 Å². The molecule has 20 heavy (non-hydrogen) atoms. The van der Waals surface area contributed by atoms with E-state index < -0.39 is 5.91 Å². The molecule has 1 heterocycles. The Labute approximate surface area is 125 Å². The minimum Gasteiger partial charge on any atom is -0.399 e. The van der Waals surface area contributed by atoms with Gasteiger partial charge in [-0.3, -0.25) is 4.79 Å².